The van der Waals surface area contributed by atoms with Crippen LogP contribution in [0.25, 0.3) is 0 Å². The Kier molecular flexibility index (Phi) is 4.70. The van der Waals surface area contributed by atoms with E-state index in [2.05, 4.69) is 16.9 Å². The molecule has 0 radical (unpaired) electrons. The first-order valence-electron chi connectivity index (χ1n) is 6.62. The highest BCUT2D eigenvalue weighted by molar-refractivity contribution is 5.27. The molecule has 2 rings (SSSR count). The number of benzene rings is 1. The summed E-state index contributed by atoms with van der Waals surface area (Å²) in [6.07, 6.45) is 2.27. The van der Waals surface area contributed by atoms with E-state index in [0.29, 0.717) is 6.42 Å². The zero-order valence-electron chi connectivity index (χ0n) is 10.9. The van der Waals surface area contributed by atoms with E-state index < -0.39 is 12.5 Å². The van der Waals surface area contributed by atoms with Crippen LogP contribution in [0.3, 0.4) is 0 Å². The molecule has 0 spiro atoms. The predicted octanol–water partition coefficient (Wildman–Crippen LogP) is 3.84. The fraction of sp³-hybridized carbons (Fsp3) is 0.467. The Bertz CT molecular complexity index is 451. The monoisotopic (exact) mass is 286 g/mol. The van der Waals surface area contributed by atoms with Crippen molar-refractivity contribution >= 4 is 0 Å². The van der Waals surface area contributed by atoms with Gasteiger partial charge in [-0.3, -0.25) is 0 Å². The molecule has 2 unspecified atom stereocenters. The van der Waals surface area contributed by atoms with Crippen LogP contribution in [0.5, 0.6) is 5.75 Å². The number of hydrogen-bond donors (Lipinski definition) is 1. The largest absolute Gasteiger partial charge is 0.573 e. The van der Waals surface area contributed by atoms with Gasteiger partial charge in [-0.15, -0.1) is 13.2 Å². The molecule has 0 aliphatic heterocycles. The van der Waals surface area contributed by atoms with Crippen LogP contribution >= 0.6 is 0 Å². The van der Waals surface area contributed by atoms with E-state index in [1.807, 2.05) is 0 Å². The molecule has 1 aromatic rings. The van der Waals surface area contributed by atoms with E-state index in [4.69, 9.17) is 0 Å². The van der Waals surface area contributed by atoms with Crippen LogP contribution in [-0.2, 0) is 6.42 Å². The molecule has 20 heavy (non-hydrogen) atoms. The number of allylic oxidation sites excluding steroid dienone is 2. The average molecular weight is 286 g/mol. The van der Waals surface area contributed by atoms with E-state index >= 15 is 0 Å². The minimum atomic E-state index is -4.67. The zero-order chi connectivity index (χ0) is 14.6. The van der Waals surface area contributed by atoms with Crippen molar-refractivity contribution in [1.82, 2.24) is 0 Å². The Morgan fingerprint density at radius 3 is 2.45 bits per heavy atom. The molecule has 110 valence electrons. The number of ether oxygens (including phenoxy) is 1. The third-order valence-corrected chi connectivity index (χ3v) is 3.46. The molecule has 2 nitrogen and oxygen atoms in total. The zero-order valence-corrected chi connectivity index (χ0v) is 10.9. The van der Waals surface area contributed by atoms with Crippen LogP contribution in [0.4, 0.5) is 13.2 Å². The average Bonchev–Trinajstić information content (AvgIpc) is 2.40. The predicted molar refractivity (Wildman–Crippen MR) is 69.3 cm³/mol. The number of alkyl halides is 3. The number of hydrogen-bond acceptors (Lipinski definition) is 2. The van der Waals surface area contributed by atoms with Crippen molar-refractivity contribution < 1.29 is 23.0 Å². The quantitative estimate of drug-likeness (QED) is 0.852. The van der Waals surface area contributed by atoms with Gasteiger partial charge in [0, 0.05) is 0 Å². The maximum atomic E-state index is 12.0. The summed E-state index contributed by atoms with van der Waals surface area (Å²) in [6, 6.07) is 5.67. The van der Waals surface area contributed by atoms with Crippen molar-refractivity contribution in [3.63, 3.8) is 0 Å². The van der Waals surface area contributed by atoms with Gasteiger partial charge in [0.05, 0.1) is 6.10 Å². The van der Waals surface area contributed by atoms with Crippen molar-refractivity contribution in [3.8, 4) is 5.75 Å². The molecule has 0 fully saturated rings. The second kappa shape index (κ2) is 6.31. The highest BCUT2D eigenvalue weighted by Crippen LogP contribution is 2.26. The lowest BCUT2D eigenvalue weighted by Crippen LogP contribution is -2.23. The molecule has 0 heterocycles. The van der Waals surface area contributed by atoms with Crippen LogP contribution in [0.2, 0.25) is 0 Å². The third-order valence-electron chi connectivity index (χ3n) is 3.46. The minimum Gasteiger partial charge on any atom is -0.406 e. The first kappa shape index (κ1) is 14.9. The summed E-state index contributed by atoms with van der Waals surface area (Å²) >= 11 is 0. The summed E-state index contributed by atoms with van der Waals surface area (Å²) in [6.45, 7) is 0. The molecule has 2 atom stereocenters. The number of aliphatic hydroxyl groups is 1. The smallest absolute Gasteiger partial charge is 0.406 e. The van der Waals surface area contributed by atoms with Gasteiger partial charge in [0.1, 0.15) is 5.75 Å². The van der Waals surface area contributed by atoms with Crippen LogP contribution < -0.4 is 4.74 Å². The Balaban J connectivity index is 1.91. The van der Waals surface area contributed by atoms with Crippen LogP contribution in [0.15, 0.2) is 36.4 Å². The van der Waals surface area contributed by atoms with Crippen LogP contribution in [-0.4, -0.2) is 17.6 Å². The van der Waals surface area contributed by atoms with E-state index in [1.54, 1.807) is 12.1 Å². The lowest BCUT2D eigenvalue weighted by atomic mass is 9.86. The van der Waals surface area contributed by atoms with Crippen molar-refractivity contribution in [2.45, 2.75) is 38.1 Å². The van der Waals surface area contributed by atoms with Gasteiger partial charge in [0.2, 0.25) is 0 Å². The van der Waals surface area contributed by atoms with E-state index in [9.17, 15) is 18.3 Å². The molecule has 1 aliphatic rings. The van der Waals surface area contributed by atoms with Gasteiger partial charge >= 0.3 is 6.36 Å². The molecule has 0 bridgehead atoms. The van der Waals surface area contributed by atoms with Gasteiger partial charge in [0.15, 0.2) is 0 Å². The van der Waals surface area contributed by atoms with Crippen molar-refractivity contribution in [2.75, 3.05) is 0 Å². The van der Waals surface area contributed by atoms with E-state index in [0.717, 1.165) is 24.8 Å². The van der Waals surface area contributed by atoms with Crippen molar-refractivity contribution in [3.05, 3.63) is 42.0 Å². The summed E-state index contributed by atoms with van der Waals surface area (Å²) in [5.74, 6) is -0.0116. The Hall–Kier alpha value is -1.49. The maximum Gasteiger partial charge on any atom is 0.573 e. The first-order chi connectivity index (χ1) is 9.44. The molecule has 5 heteroatoms. The van der Waals surface area contributed by atoms with Gasteiger partial charge in [-0.1, -0.05) is 24.3 Å². The summed E-state index contributed by atoms with van der Waals surface area (Å²) in [5, 5.41) is 10.1. The Labute approximate surface area is 115 Å². The number of halogens is 3. The van der Waals surface area contributed by atoms with Gasteiger partial charge in [0.25, 0.3) is 0 Å². The molecular weight excluding hydrogens is 269 g/mol. The van der Waals surface area contributed by atoms with Crippen LogP contribution in [0.1, 0.15) is 24.8 Å². The van der Waals surface area contributed by atoms with Gasteiger partial charge in [-0.2, -0.15) is 0 Å². The third kappa shape index (κ3) is 4.56. The Morgan fingerprint density at radius 1 is 1.20 bits per heavy atom. The highest BCUT2D eigenvalue weighted by atomic mass is 19.4. The SMILES string of the molecule is OC(Cc1ccc(OC(F)(F)F)cc1)C1CC=CCC1. The lowest BCUT2D eigenvalue weighted by molar-refractivity contribution is -0.274. The second-order valence-corrected chi connectivity index (χ2v) is 5.01. The number of aliphatic hydroxyl groups excluding tert-OH is 1. The molecule has 1 aliphatic carbocycles. The number of rotatable bonds is 4. The van der Waals surface area contributed by atoms with Crippen molar-refractivity contribution in [2.24, 2.45) is 5.92 Å². The van der Waals surface area contributed by atoms with Gasteiger partial charge in [-0.05, 0) is 49.3 Å². The molecule has 0 aromatic heterocycles. The van der Waals surface area contributed by atoms with E-state index in [-0.39, 0.29) is 11.7 Å². The van der Waals surface area contributed by atoms with E-state index in [1.165, 1.54) is 12.1 Å². The van der Waals surface area contributed by atoms with Gasteiger partial charge in [-0.25, -0.2) is 0 Å². The standard InChI is InChI=1S/C15H17F3O2/c16-15(17,18)20-13-8-6-11(7-9-13)10-14(19)12-4-2-1-3-5-12/h1-2,6-9,12,14,19H,3-5,10H2. The minimum absolute atomic E-state index is 0.228. The normalized spacial score (nSPS) is 20.7. The summed E-state index contributed by atoms with van der Waals surface area (Å²) < 4.78 is 39.9. The Morgan fingerprint density at radius 2 is 1.90 bits per heavy atom. The fourth-order valence-corrected chi connectivity index (χ4v) is 2.40. The fourth-order valence-electron chi connectivity index (χ4n) is 2.40. The van der Waals surface area contributed by atoms with Crippen LogP contribution in [0, 0.1) is 5.92 Å². The molecule has 1 aromatic carbocycles. The highest BCUT2D eigenvalue weighted by Gasteiger charge is 2.31. The molecule has 1 N–H and O–H groups in total. The van der Waals surface area contributed by atoms with Crippen molar-refractivity contribution in [1.29, 1.82) is 0 Å². The summed E-state index contributed by atoms with van der Waals surface area (Å²) in [4.78, 5) is 0. The maximum absolute atomic E-state index is 12.0. The molecule has 0 amide bonds. The topological polar surface area (TPSA) is 29.5 Å². The van der Waals surface area contributed by atoms with Gasteiger partial charge < -0.3 is 9.84 Å². The molecule has 0 saturated carbocycles. The lowest BCUT2D eigenvalue weighted by Gasteiger charge is -2.23. The summed E-state index contributed by atoms with van der Waals surface area (Å²) in [7, 11) is 0. The first-order valence-corrected chi connectivity index (χ1v) is 6.62. The molecule has 0 saturated heterocycles. The second-order valence-electron chi connectivity index (χ2n) is 5.01. The molecular formula is C15H17F3O2. The summed E-state index contributed by atoms with van der Waals surface area (Å²) in [5.41, 5.74) is 0.807.